The molecule has 0 unspecified atom stereocenters. The first-order valence-electron chi connectivity index (χ1n) is 8.16. The van der Waals surface area contributed by atoms with Gasteiger partial charge in [-0.25, -0.2) is 23.5 Å². The normalized spacial score (nSPS) is 48.0. The number of aromatic nitrogens is 3. The summed E-state index contributed by atoms with van der Waals surface area (Å²) in [7, 11) is 0. The second kappa shape index (κ2) is 2.82. The summed E-state index contributed by atoms with van der Waals surface area (Å²) in [5.41, 5.74) is 0.0235. The van der Waals surface area contributed by atoms with Crippen molar-refractivity contribution in [2.45, 2.75) is 12.1 Å². The molecule has 0 spiro atoms. The summed E-state index contributed by atoms with van der Waals surface area (Å²) in [6, 6.07) is 11.9. The lowest BCUT2D eigenvalue weighted by molar-refractivity contribution is -0.486. The molecule has 6 nitrogen and oxygen atoms in total. The fourth-order valence-corrected chi connectivity index (χ4v) is 7.16. The highest BCUT2D eigenvalue weighted by Gasteiger charge is 2.98. The quantitative estimate of drug-likeness (QED) is 0.772. The molecule has 2 aromatic rings. The van der Waals surface area contributed by atoms with E-state index in [1.807, 2.05) is 18.2 Å². The highest BCUT2D eigenvalue weighted by molar-refractivity contribution is 5.48. The molecule has 4 atom stereocenters. The Bertz CT molecular complexity index is 1060. The van der Waals surface area contributed by atoms with Crippen LogP contribution < -0.4 is 11.4 Å². The third-order valence-corrected chi connectivity index (χ3v) is 7.62. The molecule has 2 aliphatic heterocycles. The van der Waals surface area contributed by atoms with Crippen molar-refractivity contribution < 1.29 is 0 Å². The van der Waals surface area contributed by atoms with E-state index in [0.29, 0.717) is 35.3 Å². The number of para-hydroxylation sites is 1. The van der Waals surface area contributed by atoms with Crippen LogP contribution in [0.1, 0.15) is 12.1 Å². The van der Waals surface area contributed by atoms with Gasteiger partial charge in [-0.1, -0.05) is 18.2 Å². The standard InChI is InChI=1S/C17H12N4O2/c18-6-17-10-8-11(17)14-12(17)9(10)13(8)20-15(22)19(16(23)21(14)20)7-4-2-1-3-5-7/h1-5,8-14H/t8-,9-,10?,11-,12-,13?,14?,17?/m0/s1. The summed E-state index contributed by atoms with van der Waals surface area (Å²) in [6.07, 6.45) is 0. The maximum Gasteiger partial charge on any atom is 0.352 e. The highest BCUT2D eigenvalue weighted by Crippen LogP contribution is 2.97. The third-order valence-electron chi connectivity index (χ3n) is 7.62. The predicted octanol–water partition coefficient (Wildman–Crippen LogP) is 0.542. The Morgan fingerprint density at radius 3 is 2.13 bits per heavy atom. The Labute approximate surface area is 130 Å². The Morgan fingerprint density at radius 1 is 0.913 bits per heavy atom. The smallest absolute Gasteiger partial charge is 0.245 e. The van der Waals surface area contributed by atoms with Crippen LogP contribution in [0.15, 0.2) is 39.9 Å². The van der Waals surface area contributed by atoms with Crippen LogP contribution in [0.3, 0.4) is 0 Å². The molecule has 6 heteroatoms. The van der Waals surface area contributed by atoms with Crippen LogP contribution in [0.5, 0.6) is 0 Å². The van der Waals surface area contributed by atoms with Crippen molar-refractivity contribution in [1.82, 2.24) is 13.9 Å². The zero-order chi connectivity index (χ0) is 15.2. The van der Waals surface area contributed by atoms with Crippen LogP contribution in [-0.4, -0.2) is 13.9 Å². The van der Waals surface area contributed by atoms with E-state index in [-0.39, 0.29) is 28.9 Å². The van der Waals surface area contributed by atoms with Crippen molar-refractivity contribution in [1.29, 1.82) is 5.26 Å². The molecule has 23 heavy (non-hydrogen) atoms. The molecule has 3 heterocycles. The van der Waals surface area contributed by atoms with Gasteiger partial charge in [-0.05, 0) is 29.9 Å². The van der Waals surface area contributed by atoms with Crippen LogP contribution in [0.2, 0.25) is 0 Å². The van der Waals surface area contributed by atoms with E-state index in [4.69, 9.17) is 0 Å². The molecule has 6 aliphatic rings. The maximum absolute atomic E-state index is 12.9. The van der Waals surface area contributed by atoms with E-state index >= 15 is 0 Å². The van der Waals surface area contributed by atoms with Crippen molar-refractivity contribution in [3.8, 4) is 11.8 Å². The van der Waals surface area contributed by atoms with Crippen molar-refractivity contribution in [3.05, 3.63) is 51.3 Å². The van der Waals surface area contributed by atoms with Gasteiger partial charge in [-0.3, -0.25) is 0 Å². The van der Waals surface area contributed by atoms with Crippen molar-refractivity contribution in [3.63, 3.8) is 0 Å². The lowest BCUT2D eigenvalue weighted by Gasteiger charge is -2.94. The number of hydrogen-bond acceptors (Lipinski definition) is 3. The van der Waals surface area contributed by atoms with Gasteiger partial charge in [0.2, 0.25) is 0 Å². The fourth-order valence-electron chi connectivity index (χ4n) is 7.16. The molecule has 8 rings (SSSR count). The van der Waals surface area contributed by atoms with Crippen LogP contribution >= 0.6 is 0 Å². The van der Waals surface area contributed by atoms with E-state index < -0.39 is 0 Å². The SMILES string of the molecule is N#CC12C3[C@@H]4C5[C@@H]3[C@H]1C([C@H]42)n1c(=O)n(-c2ccccc2)c(=O)n15. The van der Waals surface area contributed by atoms with E-state index in [2.05, 4.69) is 6.07 Å². The van der Waals surface area contributed by atoms with Crippen LogP contribution in [0.25, 0.3) is 5.69 Å². The molecular formula is C17H12N4O2. The largest absolute Gasteiger partial charge is 0.352 e. The first-order chi connectivity index (χ1) is 11.2. The zero-order valence-corrected chi connectivity index (χ0v) is 12.0. The molecule has 0 saturated heterocycles. The van der Waals surface area contributed by atoms with Gasteiger partial charge in [-0.2, -0.15) is 5.26 Å². The molecule has 4 saturated carbocycles. The molecule has 112 valence electrons. The number of nitriles is 1. The molecule has 2 bridgehead atoms. The van der Waals surface area contributed by atoms with E-state index in [9.17, 15) is 14.9 Å². The third kappa shape index (κ3) is 0.724. The van der Waals surface area contributed by atoms with Crippen molar-refractivity contribution >= 4 is 0 Å². The van der Waals surface area contributed by atoms with Crippen molar-refractivity contribution in [2.75, 3.05) is 0 Å². The van der Waals surface area contributed by atoms with Crippen LogP contribution in [-0.2, 0) is 0 Å². The van der Waals surface area contributed by atoms with E-state index in [0.717, 1.165) is 0 Å². The molecule has 4 fully saturated rings. The van der Waals surface area contributed by atoms with Gasteiger partial charge >= 0.3 is 11.4 Å². The number of hydrogen-bond donors (Lipinski definition) is 0. The molecular weight excluding hydrogens is 292 g/mol. The molecule has 0 N–H and O–H groups in total. The van der Waals surface area contributed by atoms with Crippen LogP contribution in [0.4, 0.5) is 0 Å². The van der Waals surface area contributed by atoms with Gasteiger partial charge in [0.15, 0.2) is 0 Å². The highest BCUT2D eigenvalue weighted by atomic mass is 16.2. The first-order valence-corrected chi connectivity index (χ1v) is 8.16. The minimum absolute atomic E-state index is 0.0739. The monoisotopic (exact) mass is 304 g/mol. The minimum atomic E-state index is -0.241. The molecule has 0 amide bonds. The van der Waals surface area contributed by atoms with Gasteiger partial charge in [0.05, 0.1) is 29.3 Å². The lowest BCUT2D eigenvalue weighted by Crippen LogP contribution is -2.96. The second-order valence-corrected chi connectivity index (χ2v) is 7.68. The predicted molar refractivity (Wildman–Crippen MR) is 77.9 cm³/mol. The van der Waals surface area contributed by atoms with Gasteiger partial charge < -0.3 is 0 Å². The number of nitrogens with zero attached hydrogens (tertiary/aromatic N) is 4. The molecule has 1 aromatic heterocycles. The Hall–Kier alpha value is -2.55. The Kier molecular flexibility index (Phi) is 1.36. The Balaban J connectivity index is 1.53. The summed E-state index contributed by atoms with van der Waals surface area (Å²) in [6.45, 7) is 0. The zero-order valence-electron chi connectivity index (χ0n) is 12.0. The lowest BCUT2D eigenvalue weighted by atomic mass is 9.10. The first kappa shape index (κ1) is 11.1. The maximum atomic E-state index is 12.9. The average Bonchev–Trinajstić information content (AvgIpc) is 2.80. The van der Waals surface area contributed by atoms with Gasteiger partial charge in [0, 0.05) is 11.8 Å². The van der Waals surface area contributed by atoms with Gasteiger partial charge in [-0.15, -0.1) is 0 Å². The summed E-state index contributed by atoms with van der Waals surface area (Å²) in [4.78, 5) is 25.8. The second-order valence-electron chi connectivity index (χ2n) is 7.68. The number of benzene rings is 1. The summed E-state index contributed by atoms with van der Waals surface area (Å²) in [5.74, 6) is 2.03. The van der Waals surface area contributed by atoms with E-state index in [1.54, 1.807) is 21.5 Å². The number of rotatable bonds is 1. The fraction of sp³-hybridized carbons (Fsp3) is 0.471. The molecule has 1 aromatic carbocycles. The average molecular weight is 304 g/mol. The summed E-state index contributed by atoms with van der Waals surface area (Å²) in [5, 5.41) is 9.58. The van der Waals surface area contributed by atoms with E-state index in [1.165, 1.54) is 4.57 Å². The van der Waals surface area contributed by atoms with Gasteiger partial charge in [0.25, 0.3) is 0 Å². The minimum Gasteiger partial charge on any atom is -0.245 e. The molecule has 4 aliphatic carbocycles. The summed E-state index contributed by atoms with van der Waals surface area (Å²) < 4.78 is 4.70. The van der Waals surface area contributed by atoms with Crippen molar-refractivity contribution in [2.24, 2.45) is 35.0 Å². The molecule has 0 radical (unpaired) electrons. The topological polar surface area (TPSA) is 72.7 Å². The summed E-state index contributed by atoms with van der Waals surface area (Å²) >= 11 is 0. The Morgan fingerprint density at radius 2 is 1.52 bits per heavy atom. The van der Waals surface area contributed by atoms with Crippen LogP contribution in [0, 0.1) is 46.3 Å². The van der Waals surface area contributed by atoms with Gasteiger partial charge in [0.1, 0.15) is 0 Å².